The van der Waals surface area contributed by atoms with Crippen LogP contribution < -0.4 is 5.32 Å². The Kier molecular flexibility index (Phi) is 6.42. The lowest BCUT2D eigenvalue weighted by atomic mass is 9.88. The summed E-state index contributed by atoms with van der Waals surface area (Å²) in [4.78, 5) is 38.4. The molecule has 1 aliphatic carbocycles. The summed E-state index contributed by atoms with van der Waals surface area (Å²) in [5, 5.41) is 3.20. The van der Waals surface area contributed by atoms with Gasteiger partial charge in [0, 0.05) is 4.88 Å². The van der Waals surface area contributed by atoms with E-state index in [9.17, 15) is 14.4 Å². The van der Waals surface area contributed by atoms with Gasteiger partial charge in [-0.3, -0.25) is 4.79 Å². The molecule has 3 rings (SSSR count). The number of ether oxygens (including phenoxy) is 2. The molecule has 0 saturated heterocycles. The minimum absolute atomic E-state index is 0.0370. The number of anilines is 1. The van der Waals surface area contributed by atoms with Gasteiger partial charge in [-0.25, -0.2) is 9.59 Å². The van der Waals surface area contributed by atoms with Crippen LogP contribution in [0.4, 0.5) is 5.00 Å². The van der Waals surface area contributed by atoms with E-state index in [1.807, 2.05) is 0 Å². The first-order valence-electron chi connectivity index (χ1n) is 9.70. The van der Waals surface area contributed by atoms with Crippen molar-refractivity contribution in [1.82, 2.24) is 0 Å². The largest absolute Gasteiger partial charge is 0.462 e. The Morgan fingerprint density at radius 3 is 2.72 bits per heavy atom. The highest BCUT2D eigenvalue weighted by atomic mass is 32.1. The van der Waals surface area contributed by atoms with Crippen LogP contribution in [0.5, 0.6) is 0 Å². The molecule has 0 spiro atoms. The van der Waals surface area contributed by atoms with Gasteiger partial charge in [-0.2, -0.15) is 0 Å². The average Bonchev–Trinajstić information content (AvgIpc) is 3.24. The minimum atomic E-state index is -1.05. The number of carbonyl (C=O) groups is 3. The number of amides is 1. The van der Waals surface area contributed by atoms with Gasteiger partial charge >= 0.3 is 11.9 Å². The normalized spacial score (nSPS) is 16.6. The molecule has 156 valence electrons. The highest BCUT2D eigenvalue weighted by Crippen LogP contribution is 2.40. The van der Waals surface area contributed by atoms with E-state index >= 15 is 0 Å². The molecule has 1 aliphatic rings. The van der Waals surface area contributed by atoms with Crippen LogP contribution in [0.25, 0.3) is 0 Å². The number of nitrogens with one attached hydrogen (secondary N) is 1. The van der Waals surface area contributed by atoms with Crippen LogP contribution >= 0.6 is 11.3 Å². The number of carbonyl (C=O) groups excluding carboxylic acids is 3. The van der Waals surface area contributed by atoms with Gasteiger partial charge in [-0.1, -0.05) is 6.92 Å². The van der Waals surface area contributed by atoms with Crippen LogP contribution in [-0.4, -0.2) is 30.6 Å². The maximum atomic E-state index is 12.6. The second kappa shape index (κ2) is 8.82. The summed E-state index contributed by atoms with van der Waals surface area (Å²) in [6.07, 6.45) is 1.57. The topological polar surface area (TPSA) is 94.8 Å². The zero-order valence-electron chi connectivity index (χ0n) is 17.0. The number of aryl methyl sites for hydroxylation is 1. The summed E-state index contributed by atoms with van der Waals surface area (Å²) < 4.78 is 15.6. The van der Waals surface area contributed by atoms with E-state index in [4.69, 9.17) is 13.9 Å². The third-order valence-corrected chi connectivity index (χ3v) is 5.99. The Bertz CT molecular complexity index is 928. The molecule has 1 amide bonds. The van der Waals surface area contributed by atoms with Crippen LogP contribution in [0.3, 0.4) is 0 Å². The Balaban J connectivity index is 1.76. The van der Waals surface area contributed by atoms with E-state index in [1.54, 1.807) is 19.9 Å². The van der Waals surface area contributed by atoms with Crippen molar-refractivity contribution in [3.8, 4) is 0 Å². The summed E-state index contributed by atoms with van der Waals surface area (Å²) in [5.74, 6) is -0.534. The van der Waals surface area contributed by atoms with E-state index < -0.39 is 23.9 Å². The summed E-state index contributed by atoms with van der Waals surface area (Å²) in [7, 11) is 0. The first-order chi connectivity index (χ1) is 13.8. The fraction of sp³-hybridized carbons (Fsp3) is 0.476. The lowest BCUT2D eigenvalue weighted by molar-refractivity contribution is -0.123. The summed E-state index contributed by atoms with van der Waals surface area (Å²) in [6.45, 7) is 7.35. The van der Waals surface area contributed by atoms with Gasteiger partial charge in [-0.05, 0) is 63.6 Å². The Hall–Kier alpha value is -2.61. The number of rotatable bonds is 6. The monoisotopic (exact) mass is 419 g/mol. The molecule has 0 aliphatic heterocycles. The van der Waals surface area contributed by atoms with Gasteiger partial charge in [-0.15, -0.1) is 11.3 Å². The number of hydrogen-bond donors (Lipinski definition) is 1. The first kappa shape index (κ1) is 21.1. The Labute approximate surface area is 173 Å². The molecule has 2 aromatic heterocycles. The molecule has 8 heteroatoms. The standard InChI is InChI=1S/C21H25NO6S/c1-5-26-21(25)17-14-8-6-11(2)10-16(14)29-19(17)22-18(23)13(4)28-20(24)15-9-7-12(3)27-15/h7,9,11,13H,5-6,8,10H2,1-4H3,(H,22,23)/t11-,13-/m0/s1. The van der Waals surface area contributed by atoms with E-state index in [2.05, 4.69) is 12.2 Å². The second-order valence-electron chi connectivity index (χ2n) is 7.22. The average molecular weight is 419 g/mol. The zero-order valence-corrected chi connectivity index (χ0v) is 17.8. The van der Waals surface area contributed by atoms with Crippen molar-refractivity contribution in [3.05, 3.63) is 39.7 Å². The molecular formula is C21H25NO6S. The summed E-state index contributed by atoms with van der Waals surface area (Å²) >= 11 is 1.39. The van der Waals surface area contributed by atoms with E-state index in [1.165, 1.54) is 24.3 Å². The third-order valence-electron chi connectivity index (χ3n) is 4.82. The fourth-order valence-electron chi connectivity index (χ4n) is 3.29. The highest BCUT2D eigenvalue weighted by Gasteiger charge is 2.30. The van der Waals surface area contributed by atoms with Crippen molar-refractivity contribution >= 4 is 34.2 Å². The van der Waals surface area contributed by atoms with Crippen molar-refractivity contribution < 1.29 is 28.3 Å². The molecule has 1 N–H and O–H groups in total. The Morgan fingerprint density at radius 1 is 1.31 bits per heavy atom. The molecule has 2 atom stereocenters. The predicted molar refractivity (Wildman–Crippen MR) is 108 cm³/mol. The predicted octanol–water partition coefficient (Wildman–Crippen LogP) is 4.14. The van der Waals surface area contributed by atoms with Crippen molar-refractivity contribution in [2.24, 2.45) is 5.92 Å². The zero-order chi connectivity index (χ0) is 21.1. The molecule has 0 fully saturated rings. The van der Waals surface area contributed by atoms with Gasteiger partial charge < -0.3 is 19.2 Å². The van der Waals surface area contributed by atoms with E-state index in [0.29, 0.717) is 22.2 Å². The minimum Gasteiger partial charge on any atom is -0.462 e. The molecule has 2 aromatic rings. The molecule has 0 radical (unpaired) electrons. The van der Waals surface area contributed by atoms with Crippen molar-refractivity contribution in [3.63, 3.8) is 0 Å². The number of hydrogen-bond acceptors (Lipinski definition) is 7. The summed E-state index contributed by atoms with van der Waals surface area (Å²) in [5.41, 5.74) is 1.38. The molecule has 29 heavy (non-hydrogen) atoms. The molecular weight excluding hydrogens is 394 g/mol. The SMILES string of the molecule is CCOC(=O)c1c(NC(=O)[C@H](C)OC(=O)c2ccc(C)o2)sc2c1CC[C@H](C)C2. The molecule has 0 unspecified atom stereocenters. The van der Waals surface area contributed by atoms with Crippen LogP contribution in [0.2, 0.25) is 0 Å². The summed E-state index contributed by atoms with van der Waals surface area (Å²) in [6, 6.07) is 3.14. The van der Waals surface area contributed by atoms with E-state index in [-0.39, 0.29) is 12.4 Å². The number of furan rings is 1. The smallest absolute Gasteiger partial charge is 0.375 e. The number of esters is 2. The third kappa shape index (κ3) is 4.70. The molecule has 0 aromatic carbocycles. The Morgan fingerprint density at radius 2 is 2.07 bits per heavy atom. The fourth-order valence-corrected chi connectivity index (χ4v) is 4.69. The molecule has 2 heterocycles. The first-order valence-corrected chi connectivity index (χ1v) is 10.5. The van der Waals surface area contributed by atoms with Crippen LogP contribution in [0, 0.1) is 12.8 Å². The second-order valence-corrected chi connectivity index (χ2v) is 8.33. The molecule has 7 nitrogen and oxygen atoms in total. The maximum Gasteiger partial charge on any atom is 0.375 e. The van der Waals surface area contributed by atoms with Crippen molar-refractivity contribution in [2.45, 2.75) is 53.1 Å². The van der Waals surface area contributed by atoms with Crippen LogP contribution in [0.15, 0.2) is 16.5 Å². The van der Waals surface area contributed by atoms with Gasteiger partial charge in [0.25, 0.3) is 5.91 Å². The van der Waals surface area contributed by atoms with Gasteiger partial charge in [0.15, 0.2) is 6.10 Å². The van der Waals surface area contributed by atoms with Crippen molar-refractivity contribution in [1.29, 1.82) is 0 Å². The van der Waals surface area contributed by atoms with Gasteiger partial charge in [0.05, 0.1) is 12.2 Å². The van der Waals surface area contributed by atoms with E-state index in [0.717, 1.165) is 29.7 Å². The number of fused-ring (bicyclic) bond motifs is 1. The quantitative estimate of drug-likeness (QED) is 0.707. The van der Waals surface area contributed by atoms with Crippen LogP contribution in [0.1, 0.15) is 64.3 Å². The van der Waals surface area contributed by atoms with Crippen molar-refractivity contribution in [2.75, 3.05) is 11.9 Å². The lowest BCUT2D eigenvalue weighted by Gasteiger charge is -2.18. The van der Waals surface area contributed by atoms with Crippen LogP contribution in [-0.2, 0) is 27.1 Å². The van der Waals surface area contributed by atoms with Gasteiger partial charge in [0.1, 0.15) is 10.8 Å². The molecule has 0 saturated carbocycles. The maximum absolute atomic E-state index is 12.6. The lowest BCUT2D eigenvalue weighted by Crippen LogP contribution is -2.30. The molecule has 0 bridgehead atoms. The van der Waals surface area contributed by atoms with Gasteiger partial charge in [0.2, 0.25) is 5.76 Å². The highest BCUT2D eigenvalue weighted by molar-refractivity contribution is 7.17. The number of thiophene rings is 1.